The minimum atomic E-state index is -0.469. The molecule has 0 atom stereocenters. The molecule has 0 bridgehead atoms. The van der Waals surface area contributed by atoms with E-state index in [1.165, 1.54) is 17.5 Å². The number of carbonyl (C=O) groups is 1. The van der Waals surface area contributed by atoms with Crippen molar-refractivity contribution in [3.8, 4) is 0 Å². The van der Waals surface area contributed by atoms with Gasteiger partial charge in [0, 0.05) is 17.3 Å². The average molecular weight is 259 g/mol. The van der Waals surface area contributed by atoms with Gasteiger partial charge >= 0.3 is 0 Å². The average Bonchev–Trinajstić information content (AvgIpc) is 2.96. The first-order valence-electron chi connectivity index (χ1n) is 5.18. The monoisotopic (exact) mass is 259 g/mol. The van der Waals surface area contributed by atoms with E-state index in [4.69, 9.17) is 5.73 Å². The Balaban J connectivity index is 1.88. The molecule has 1 aromatic carbocycles. The normalized spacial score (nSPS) is 10.7. The third-order valence-electron chi connectivity index (χ3n) is 2.44. The Labute approximate surface area is 106 Å². The van der Waals surface area contributed by atoms with Crippen molar-refractivity contribution in [3.63, 3.8) is 0 Å². The van der Waals surface area contributed by atoms with Gasteiger partial charge in [-0.05, 0) is 18.2 Å². The summed E-state index contributed by atoms with van der Waals surface area (Å²) in [4.78, 5) is 15.5. The van der Waals surface area contributed by atoms with E-state index in [0.717, 1.165) is 16.6 Å². The van der Waals surface area contributed by atoms with Crippen molar-refractivity contribution in [1.29, 1.82) is 0 Å². The number of hydrogen-bond donors (Lipinski definition) is 3. The number of rotatable bonds is 3. The number of aromatic amines is 1. The minimum absolute atomic E-state index is 0.429. The molecule has 0 saturated carbocycles. The fourth-order valence-corrected chi connectivity index (χ4v) is 2.27. The summed E-state index contributed by atoms with van der Waals surface area (Å²) in [5.74, 6) is -0.469. The lowest BCUT2D eigenvalue weighted by molar-refractivity contribution is 0.100. The van der Waals surface area contributed by atoms with Gasteiger partial charge in [0.25, 0.3) is 5.91 Å². The Morgan fingerprint density at radius 2 is 2.33 bits per heavy atom. The number of H-pyrrole nitrogens is 1. The molecular weight excluding hydrogens is 250 g/mol. The van der Waals surface area contributed by atoms with Gasteiger partial charge < -0.3 is 11.1 Å². The molecule has 0 spiro atoms. The van der Waals surface area contributed by atoms with Gasteiger partial charge in [-0.1, -0.05) is 11.3 Å². The summed E-state index contributed by atoms with van der Waals surface area (Å²) in [5.41, 5.74) is 6.90. The predicted octanol–water partition coefficient (Wildman–Crippen LogP) is 1.86. The largest absolute Gasteiger partial charge is 0.365 e. The molecule has 18 heavy (non-hydrogen) atoms. The maximum atomic E-state index is 11.0. The van der Waals surface area contributed by atoms with Gasteiger partial charge in [0.05, 0.1) is 11.7 Å². The van der Waals surface area contributed by atoms with Crippen LogP contribution >= 0.6 is 11.3 Å². The first-order valence-corrected chi connectivity index (χ1v) is 6.00. The predicted molar refractivity (Wildman–Crippen MR) is 70.0 cm³/mol. The number of amides is 1. The summed E-state index contributed by atoms with van der Waals surface area (Å²) < 4.78 is 0. The standard InChI is InChI=1S/C11H9N5OS/c12-10(17)9-5-13-11(18-9)15-7-2-1-6-4-14-16-8(6)3-7/h1-5H,(H2,12,17)(H,13,15)(H,14,16). The molecule has 0 radical (unpaired) electrons. The summed E-state index contributed by atoms with van der Waals surface area (Å²) in [5, 5.41) is 11.7. The smallest absolute Gasteiger partial charge is 0.260 e. The van der Waals surface area contributed by atoms with Gasteiger partial charge in [0.2, 0.25) is 0 Å². The molecule has 4 N–H and O–H groups in total. The summed E-state index contributed by atoms with van der Waals surface area (Å²) >= 11 is 1.22. The van der Waals surface area contributed by atoms with Gasteiger partial charge in [0.1, 0.15) is 4.88 Å². The molecule has 6 nitrogen and oxygen atoms in total. The number of fused-ring (bicyclic) bond motifs is 1. The van der Waals surface area contributed by atoms with Gasteiger partial charge in [-0.25, -0.2) is 4.98 Å². The van der Waals surface area contributed by atoms with Crippen molar-refractivity contribution in [3.05, 3.63) is 35.5 Å². The first-order chi connectivity index (χ1) is 8.72. The minimum Gasteiger partial charge on any atom is -0.365 e. The fraction of sp³-hybridized carbons (Fsp3) is 0. The fourth-order valence-electron chi connectivity index (χ4n) is 1.58. The van der Waals surface area contributed by atoms with Crippen LogP contribution in [0.4, 0.5) is 10.8 Å². The van der Waals surface area contributed by atoms with E-state index in [9.17, 15) is 4.79 Å². The zero-order chi connectivity index (χ0) is 12.5. The molecular formula is C11H9N5OS. The number of anilines is 2. The van der Waals surface area contributed by atoms with E-state index in [1.807, 2.05) is 24.4 Å². The Hall–Kier alpha value is -2.41. The van der Waals surface area contributed by atoms with Gasteiger partial charge in [-0.2, -0.15) is 5.10 Å². The molecule has 0 fully saturated rings. The van der Waals surface area contributed by atoms with Gasteiger partial charge in [-0.3, -0.25) is 9.89 Å². The highest BCUT2D eigenvalue weighted by molar-refractivity contribution is 7.17. The van der Waals surface area contributed by atoms with Gasteiger partial charge in [0.15, 0.2) is 5.13 Å². The first kappa shape index (κ1) is 10.7. The maximum Gasteiger partial charge on any atom is 0.260 e. The number of benzene rings is 1. The maximum absolute atomic E-state index is 11.0. The quantitative estimate of drug-likeness (QED) is 0.668. The van der Waals surface area contributed by atoms with Crippen LogP contribution in [0.1, 0.15) is 9.67 Å². The van der Waals surface area contributed by atoms with Crippen molar-refractivity contribution < 1.29 is 4.79 Å². The summed E-state index contributed by atoms with van der Waals surface area (Å²) in [6, 6.07) is 5.77. The number of thiazole rings is 1. The number of nitrogens with zero attached hydrogens (tertiary/aromatic N) is 2. The number of primary amides is 1. The topological polar surface area (TPSA) is 96.7 Å². The molecule has 3 rings (SSSR count). The van der Waals surface area contributed by atoms with E-state index >= 15 is 0 Å². The molecule has 0 saturated heterocycles. The van der Waals surface area contributed by atoms with Crippen molar-refractivity contribution in [2.75, 3.05) is 5.32 Å². The van der Waals surface area contributed by atoms with Crippen LogP contribution in [-0.4, -0.2) is 21.1 Å². The van der Waals surface area contributed by atoms with Crippen molar-refractivity contribution >= 4 is 39.0 Å². The molecule has 2 aromatic heterocycles. The molecule has 3 aromatic rings. The number of hydrogen-bond acceptors (Lipinski definition) is 5. The number of aromatic nitrogens is 3. The van der Waals surface area contributed by atoms with Crippen LogP contribution in [0, 0.1) is 0 Å². The Morgan fingerprint density at radius 1 is 1.44 bits per heavy atom. The third kappa shape index (κ3) is 1.91. The van der Waals surface area contributed by atoms with Crippen LogP contribution in [0.2, 0.25) is 0 Å². The Bertz CT molecular complexity index is 717. The molecule has 1 amide bonds. The van der Waals surface area contributed by atoms with E-state index in [0.29, 0.717) is 10.0 Å². The van der Waals surface area contributed by atoms with Crippen molar-refractivity contribution in [2.24, 2.45) is 5.73 Å². The molecule has 0 aliphatic rings. The van der Waals surface area contributed by atoms with Crippen molar-refractivity contribution in [2.45, 2.75) is 0 Å². The molecule has 0 unspecified atom stereocenters. The highest BCUT2D eigenvalue weighted by Crippen LogP contribution is 2.24. The molecule has 2 heterocycles. The zero-order valence-electron chi connectivity index (χ0n) is 9.18. The second-order valence-electron chi connectivity index (χ2n) is 3.68. The number of nitrogens with two attached hydrogens (primary N) is 1. The van der Waals surface area contributed by atoms with Crippen molar-refractivity contribution in [1.82, 2.24) is 15.2 Å². The second kappa shape index (κ2) is 4.11. The van der Waals surface area contributed by atoms with Crippen LogP contribution < -0.4 is 11.1 Å². The van der Waals surface area contributed by atoms with E-state index in [1.54, 1.807) is 0 Å². The van der Waals surface area contributed by atoms with Crippen LogP contribution in [0.3, 0.4) is 0 Å². The lowest BCUT2D eigenvalue weighted by Crippen LogP contribution is -2.08. The Kier molecular flexibility index (Phi) is 2.45. The molecule has 90 valence electrons. The van der Waals surface area contributed by atoms with E-state index in [-0.39, 0.29) is 0 Å². The van der Waals surface area contributed by atoms with Crippen LogP contribution in [0.5, 0.6) is 0 Å². The summed E-state index contributed by atoms with van der Waals surface area (Å²) in [7, 11) is 0. The number of carbonyl (C=O) groups excluding carboxylic acids is 1. The third-order valence-corrected chi connectivity index (χ3v) is 3.36. The highest BCUT2D eigenvalue weighted by Gasteiger charge is 2.07. The van der Waals surface area contributed by atoms with E-state index in [2.05, 4.69) is 20.5 Å². The summed E-state index contributed by atoms with van der Waals surface area (Å²) in [6.07, 6.45) is 3.29. The molecule has 7 heteroatoms. The van der Waals surface area contributed by atoms with Crippen LogP contribution in [0.15, 0.2) is 30.6 Å². The van der Waals surface area contributed by atoms with E-state index < -0.39 is 5.91 Å². The molecule has 0 aliphatic heterocycles. The lowest BCUT2D eigenvalue weighted by Gasteiger charge is -2.01. The number of nitrogens with one attached hydrogen (secondary N) is 2. The lowest BCUT2D eigenvalue weighted by atomic mass is 10.2. The van der Waals surface area contributed by atoms with Gasteiger partial charge in [-0.15, -0.1) is 0 Å². The summed E-state index contributed by atoms with van der Waals surface area (Å²) in [6.45, 7) is 0. The molecule has 0 aliphatic carbocycles. The highest BCUT2D eigenvalue weighted by atomic mass is 32.1. The van der Waals surface area contributed by atoms with Crippen LogP contribution in [-0.2, 0) is 0 Å². The zero-order valence-corrected chi connectivity index (χ0v) is 9.99. The second-order valence-corrected chi connectivity index (χ2v) is 4.71. The Morgan fingerprint density at radius 3 is 3.11 bits per heavy atom. The van der Waals surface area contributed by atoms with Crippen LogP contribution in [0.25, 0.3) is 10.9 Å². The SMILES string of the molecule is NC(=O)c1cnc(Nc2ccc3c[nH]nc3c2)s1.